The average molecular weight is 402 g/mol. The first-order valence-corrected chi connectivity index (χ1v) is 11.2. The molecular weight excluding hydrogens is 368 g/mol. The van der Waals surface area contributed by atoms with Crippen molar-refractivity contribution in [3.05, 3.63) is 59.4 Å². The molecule has 4 heteroatoms. The molecule has 0 amide bonds. The number of aromatic nitrogens is 1. The number of halogens is 2. The molecule has 0 unspecified atom stereocenters. The fourth-order valence-corrected chi connectivity index (χ4v) is 4.37. The third-order valence-corrected chi connectivity index (χ3v) is 6.13. The van der Waals surface area contributed by atoms with Crippen LogP contribution in [0, 0.1) is 11.9 Å². The molecule has 0 atom stereocenters. The fraction of sp³-hybridized carbons (Fsp3) is 0.560. The summed E-state index contributed by atoms with van der Waals surface area (Å²) in [5, 5.41) is 0. The maximum atomic E-state index is 13.9. The number of hydrogen-bond acceptors (Lipinski definition) is 2. The third kappa shape index (κ3) is 6.52. The van der Waals surface area contributed by atoms with Gasteiger partial charge in [-0.1, -0.05) is 51.2 Å². The predicted octanol–water partition coefficient (Wildman–Crippen LogP) is 7.54. The lowest BCUT2D eigenvalue weighted by Crippen LogP contribution is -2.14. The van der Waals surface area contributed by atoms with E-state index in [0.29, 0.717) is 11.5 Å². The number of unbranched alkanes of at least 4 members (excludes halogenated alkanes) is 5. The lowest BCUT2D eigenvalue weighted by molar-refractivity contribution is 0.304. The summed E-state index contributed by atoms with van der Waals surface area (Å²) in [4.78, 5) is 3.34. The predicted molar refractivity (Wildman–Crippen MR) is 113 cm³/mol. The minimum absolute atomic E-state index is 0.138. The maximum Gasteiger partial charge on any atom is 0.218 e. The van der Waals surface area contributed by atoms with Crippen LogP contribution in [0.25, 0.3) is 0 Å². The standard InChI is InChI=1S/C25H33F2NO/c1-2-3-4-5-6-7-18-29-22-14-12-20(13-15-22)19-8-10-21(11-9-19)23-16-17-24(26)28-25(23)27/h12-17,19,21H,2-11,18H2,1H3. The Bertz CT molecular complexity index is 739. The molecule has 158 valence electrons. The van der Waals surface area contributed by atoms with E-state index in [1.807, 2.05) is 0 Å². The second kappa shape index (κ2) is 11.3. The molecule has 0 bridgehead atoms. The number of pyridine rings is 1. The molecule has 0 saturated heterocycles. The van der Waals surface area contributed by atoms with Gasteiger partial charge >= 0.3 is 0 Å². The van der Waals surface area contributed by atoms with Gasteiger partial charge in [0.05, 0.1) is 6.61 Å². The Labute approximate surface area is 173 Å². The van der Waals surface area contributed by atoms with Gasteiger partial charge in [-0.05, 0) is 73.8 Å². The van der Waals surface area contributed by atoms with Crippen LogP contribution in [0.15, 0.2) is 36.4 Å². The summed E-state index contributed by atoms with van der Waals surface area (Å²) in [5.74, 6) is 0.170. The summed E-state index contributed by atoms with van der Waals surface area (Å²) < 4.78 is 32.8. The summed E-state index contributed by atoms with van der Waals surface area (Å²) >= 11 is 0. The Kier molecular flexibility index (Phi) is 8.45. The van der Waals surface area contributed by atoms with Crippen molar-refractivity contribution in [3.8, 4) is 5.75 Å². The van der Waals surface area contributed by atoms with Gasteiger partial charge in [0.1, 0.15) is 5.75 Å². The van der Waals surface area contributed by atoms with Crippen molar-refractivity contribution in [1.29, 1.82) is 0 Å². The van der Waals surface area contributed by atoms with Crippen molar-refractivity contribution in [1.82, 2.24) is 4.98 Å². The second-order valence-corrected chi connectivity index (χ2v) is 8.25. The van der Waals surface area contributed by atoms with Crippen molar-refractivity contribution in [2.24, 2.45) is 0 Å². The Morgan fingerprint density at radius 2 is 1.48 bits per heavy atom. The van der Waals surface area contributed by atoms with E-state index in [0.717, 1.165) is 44.5 Å². The van der Waals surface area contributed by atoms with Gasteiger partial charge < -0.3 is 4.74 Å². The third-order valence-electron chi connectivity index (χ3n) is 6.13. The summed E-state index contributed by atoms with van der Waals surface area (Å²) in [6.07, 6.45) is 11.4. The molecule has 0 aliphatic heterocycles. The number of hydrogen-bond donors (Lipinski definition) is 0. The smallest absolute Gasteiger partial charge is 0.218 e. The van der Waals surface area contributed by atoms with Gasteiger partial charge in [-0.25, -0.2) is 0 Å². The summed E-state index contributed by atoms with van der Waals surface area (Å²) in [6, 6.07) is 11.3. The molecule has 0 spiro atoms. The van der Waals surface area contributed by atoms with Gasteiger partial charge in [0.2, 0.25) is 11.9 Å². The molecule has 3 rings (SSSR count). The molecule has 0 N–H and O–H groups in total. The molecule has 1 fully saturated rings. The molecule has 2 aromatic rings. The SMILES string of the molecule is CCCCCCCCOc1ccc(C2CCC(c3ccc(F)nc3F)CC2)cc1. The van der Waals surface area contributed by atoms with Crippen LogP contribution in [0.2, 0.25) is 0 Å². The van der Waals surface area contributed by atoms with Gasteiger partial charge in [0.15, 0.2) is 0 Å². The van der Waals surface area contributed by atoms with E-state index in [9.17, 15) is 8.78 Å². The van der Waals surface area contributed by atoms with E-state index in [1.54, 1.807) is 6.07 Å². The van der Waals surface area contributed by atoms with E-state index in [2.05, 4.69) is 36.2 Å². The maximum absolute atomic E-state index is 13.9. The first-order valence-electron chi connectivity index (χ1n) is 11.2. The minimum atomic E-state index is -0.751. The molecule has 2 nitrogen and oxygen atoms in total. The van der Waals surface area contributed by atoms with E-state index in [-0.39, 0.29) is 5.92 Å². The van der Waals surface area contributed by atoms with Gasteiger partial charge in [0.25, 0.3) is 0 Å². The zero-order valence-electron chi connectivity index (χ0n) is 17.5. The quantitative estimate of drug-likeness (QED) is 0.303. The molecule has 1 heterocycles. The highest BCUT2D eigenvalue weighted by Crippen LogP contribution is 2.41. The van der Waals surface area contributed by atoms with Crippen LogP contribution in [0.3, 0.4) is 0 Å². The van der Waals surface area contributed by atoms with Crippen LogP contribution in [0.1, 0.15) is 94.1 Å². The molecule has 1 aliphatic rings. The highest BCUT2D eigenvalue weighted by Gasteiger charge is 2.25. The zero-order chi connectivity index (χ0) is 20.5. The Morgan fingerprint density at radius 1 is 0.828 bits per heavy atom. The fourth-order valence-electron chi connectivity index (χ4n) is 4.37. The number of ether oxygens (including phenoxy) is 1. The molecule has 1 aromatic carbocycles. The van der Waals surface area contributed by atoms with Crippen molar-refractivity contribution >= 4 is 0 Å². The zero-order valence-corrected chi connectivity index (χ0v) is 17.5. The largest absolute Gasteiger partial charge is 0.494 e. The van der Waals surface area contributed by atoms with Gasteiger partial charge in [0, 0.05) is 5.56 Å². The Hall–Kier alpha value is -1.97. The second-order valence-electron chi connectivity index (χ2n) is 8.25. The van der Waals surface area contributed by atoms with E-state index >= 15 is 0 Å². The summed E-state index contributed by atoms with van der Waals surface area (Å²) in [5.41, 5.74) is 1.89. The number of rotatable bonds is 10. The van der Waals surface area contributed by atoms with Gasteiger partial charge in [-0.3, -0.25) is 0 Å². The van der Waals surface area contributed by atoms with Crippen LogP contribution in [-0.4, -0.2) is 11.6 Å². The Morgan fingerprint density at radius 3 is 2.17 bits per heavy atom. The molecule has 29 heavy (non-hydrogen) atoms. The average Bonchev–Trinajstić information content (AvgIpc) is 2.74. The first kappa shape index (κ1) is 21.7. The lowest BCUT2D eigenvalue weighted by atomic mass is 9.76. The molecule has 1 aliphatic carbocycles. The first-order chi connectivity index (χ1) is 14.2. The number of nitrogens with zero attached hydrogens (tertiary/aromatic N) is 1. The number of benzene rings is 1. The van der Waals surface area contributed by atoms with Gasteiger partial charge in [-0.2, -0.15) is 13.8 Å². The topological polar surface area (TPSA) is 22.1 Å². The van der Waals surface area contributed by atoms with Crippen LogP contribution >= 0.6 is 0 Å². The van der Waals surface area contributed by atoms with Crippen molar-refractivity contribution in [2.75, 3.05) is 6.61 Å². The van der Waals surface area contributed by atoms with Crippen LogP contribution in [0.4, 0.5) is 8.78 Å². The normalized spacial score (nSPS) is 19.3. The van der Waals surface area contributed by atoms with Crippen LogP contribution in [-0.2, 0) is 0 Å². The Balaban J connectivity index is 1.42. The van der Waals surface area contributed by atoms with E-state index in [1.165, 1.54) is 43.7 Å². The highest BCUT2D eigenvalue weighted by atomic mass is 19.1. The monoisotopic (exact) mass is 401 g/mol. The van der Waals surface area contributed by atoms with Crippen molar-refractivity contribution in [2.45, 2.75) is 83.0 Å². The van der Waals surface area contributed by atoms with E-state index < -0.39 is 11.9 Å². The van der Waals surface area contributed by atoms with Crippen molar-refractivity contribution < 1.29 is 13.5 Å². The molecule has 1 aromatic heterocycles. The lowest BCUT2D eigenvalue weighted by Gasteiger charge is -2.29. The van der Waals surface area contributed by atoms with Crippen LogP contribution < -0.4 is 4.74 Å². The molecule has 1 saturated carbocycles. The summed E-state index contributed by atoms with van der Waals surface area (Å²) in [6.45, 7) is 3.02. The molecular formula is C25H33F2NO. The van der Waals surface area contributed by atoms with Crippen LogP contribution in [0.5, 0.6) is 5.75 Å². The van der Waals surface area contributed by atoms with Gasteiger partial charge in [-0.15, -0.1) is 0 Å². The van der Waals surface area contributed by atoms with E-state index in [4.69, 9.17) is 4.74 Å². The summed E-state index contributed by atoms with van der Waals surface area (Å²) in [7, 11) is 0. The van der Waals surface area contributed by atoms with Crippen molar-refractivity contribution in [3.63, 3.8) is 0 Å². The highest BCUT2D eigenvalue weighted by molar-refractivity contribution is 5.30. The molecule has 0 radical (unpaired) electrons. The minimum Gasteiger partial charge on any atom is -0.494 e.